The van der Waals surface area contributed by atoms with Crippen molar-refractivity contribution >= 4 is 40.6 Å². The van der Waals surface area contributed by atoms with Crippen LogP contribution in [-0.2, 0) is 9.59 Å². The topological polar surface area (TPSA) is 70.2 Å². The number of ether oxygens (including phenoxy) is 1. The molecule has 5 rings (SSSR count). The number of nitrogens with zero attached hydrogens (tertiary/aromatic N) is 3. The van der Waals surface area contributed by atoms with Gasteiger partial charge in [0.1, 0.15) is 18.0 Å². The van der Waals surface area contributed by atoms with Gasteiger partial charge in [-0.2, -0.15) is 0 Å². The Morgan fingerprint density at radius 2 is 1.50 bits per heavy atom. The zero-order valence-electron chi connectivity index (χ0n) is 19.6. The van der Waals surface area contributed by atoms with Crippen LogP contribution in [-0.4, -0.2) is 59.6 Å². The van der Waals surface area contributed by atoms with Gasteiger partial charge in [0.2, 0.25) is 5.91 Å². The third-order valence-corrected chi connectivity index (χ3v) is 6.96. The predicted octanol–water partition coefficient (Wildman–Crippen LogP) is 4.86. The predicted molar refractivity (Wildman–Crippen MR) is 141 cm³/mol. The van der Waals surface area contributed by atoms with Crippen LogP contribution < -0.4 is 9.64 Å². The van der Waals surface area contributed by atoms with Crippen LogP contribution in [0.25, 0.3) is 6.08 Å². The molecule has 36 heavy (non-hydrogen) atoms. The second-order valence-corrected chi connectivity index (χ2v) is 9.45. The van der Waals surface area contributed by atoms with Crippen molar-refractivity contribution in [2.75, 3.05) is 37.6 Å². The fourth-order valence-electron chi connectivity index (χ4n) is 4.17. The summed E-state index contributed by atoms with van der Waals surface area (Å²) in [5, 5.41) is -0.431. The lowest BCUT2D eigenvalue weighted by Gasteiger charge is -2.36. The van der Waals surface area contributed by atoms with Gasteiger partial charge < -0.3 is 14.5 Å². The van der Waals surface area contributed by atoms with E-state index in [0.717, 1.165) is 27.9 Å². The first-order valence-electron chi connectivity index (χ1n) is 11.7. The molecule has 2 heterocycles. The van der Waals surface area contributed by atoms with E-state index in [0.29, 0.717) is 42.6 Å². The van der Waals surface area contributed by atoms with E-state index < -0.39 is 11.1 Å². The van der Waals surface area contributed by atoms with Crippen molar-refractivity contribution in [2.24, 2.45) is 0 Å². The summed E-state index contributed by atoms with van der Waals surface area (Å²) < 4.78 is 5.86. The highest BCUT2D eigenvalue weighted by Gasteiger charge is 2.37. The van der Waals surface area contributed by atoms with Crippen molar-refractivity contribution in [3.05, 3.63) is 95.4 Å². The third-order valence-electron chi connectivity index (χ3n) is 6.06. The maximum Gasteiger partial charge on any atom is 0.294 e. The molecular weight excluding hydrogens is 474 g/mol. The van der Waals surface area contributed by atoms with Crippen molar-refractivity contribution in [1.29, 1.82) is 0 Å². The minimum atomic E-state index is -0.448. The quantitative estimate of drug-likeness (QED) is 0.451. The number of anilines is 1. The van der Waals surface area contributed by atoms with E-state index in [-0.39, 0.29) is 12.5 Å². The maximum atomic E-state index is 13.0. The van der Waals surface area contributed by atoms with Crippen molar-refractivity contribution < 1.29 is 19.1 Å². The largest absolute Gasteiger partial charge is 0.457 e. The first-order valence-corrected chi connectivity index (χ1v) is 12.5. The molecule has 0 spiro atoms. The fraction of sp³-hybridized carbons (Fsp3) is 0.179. The molecule has 3 aromatic carbocycles. The monoisotopic (exact) mass is 499 g/mol. The SMILES string of the molecule is O=C(CN1C(=O)S/C(=C/c2cccc(Oc3ccccc3)c2)C1=O)N1CCN(c2ccccc2)CC1. The molecule has 8 heteroatoms. The van der Waals surface area contributed by atoms with E-state index in [4.69, 9.17) is 4.74 Å². The molecule has 3 amide bonds. The highest BCUT2D eigenvalue weighted by molar-refractivity contribution is 8.18. The summed E-state index contributed by atoms with van der Waals surface area (Å²) in [5.41, 5.74) is 1.86. The molecular formula is C28H25N3O4S. The highest BCUT2D eigenvalue weighted by atomic mass is 32.2. The first-order chi connectivity index (χ1) is 17.6. The summed E-state index contributed by atoms with van der Waals surface area (Å²) in [4.78, 5) is 43.7. The molecule has 2 saturated heterocycles. The molecule has 2 aliphatic heterocycles. The van der Waals surface area contributed by atoms with Crippen LogP contribution in [0.2, 0.25) is 0 Å². The lowest BCUT2D eigenvalue weighted by atomic mass is 10.2. The van der Waals surface area contributed by atoms with Crippen LogP contribution >= 0.6 is 11.8 Å². The van der Waals surface area contributed by atoms with E-state index in [2.05, 4.69) is 4.90 Å². The van der Waals surface area contributed by atoms with Gasteiger partial charge in [0, 0.05) is 31.9 Å². The van der Waals surface area contributed by atoms with E-state index in [1.54, 1.807) is 17.0 Å². The zero-order chi connectivity index (χ0) is 24.9. The highest BCUT2D eigenvalue weighted by Crippen LogP contribution is 2.33. The normalized spacial score (nSPS) is 17.1. The van der Waals surface area contributed by atoms with Crippen LogP contribution in [0.1, 0.15) is 5.56 Å². The summed E-state index contributed by atoms with van der Waals surface area (Å²) in [7, 11) is 0. The van der Waals surface area contributed by atoms with Gasteiger partial charge in [-0.05, 0) is 59.8 Å². The summed E-state index contributed by atoms with van der Waals surface area (Å²) in [5.74, 6) is 0.664. The molecule has 0 radical (unpaired) electrons. The lowest BCUT2D eigenvalue weighted by Crippen LogP contribution is -2.51. The number of amides is 3. The molecule has 0 aromatic heterocycles. The lowest BCUT2D eigenvalue weighted by molar-refractivity contribution is -0.136. The van der Waals surface area contributed by atoms with Crippen molar-refractivity contribution in [3.8, 4) is 11.5 Å². The number of carbonyl (C=O) groups is 3. The molecule has 0 atom stereocenters. The first kappa shape index (κ1) is 23.7. The van der Waals surface area contributed by atoms with Gasteiger partial charge in [-0.3, -0.25) is 19.3 Å². The van der Waals surface area contributed by atoms with Gasteiger partial charge in [0.15, 0.2) is 0 Å². The number of para-hydroxylation sites is 2. The van der Waals surface area contributed by atoms with Crippen molar-refractivity contribution in [3.63, 3.8) is 0 Å². The molecule has 3 aromatic rings. The van der Waals surface area contributed by atoms with E-state index in [9.17, 15) is 14.4 Å². The molecule has 2 fully saturated rings. The second kappa shape index (κ2) is 10.7. The standard InChI is InChI=1S/C28H25N3O4S/c32-26(30-16-14-29(15-17-30)22-9-3-1-4-10-22)20-31-27(33)25(36-28(31)34)19-21-8-7-13-24(18-21)35-23-11-5-2-6-12-23/h1-13,18-19H,14-17,20H2/b25-19+. The van der Waals surface area contributed by atoms with E-state index in [1.165, 1.54) is 0 Å². The minimum absolute atomic E-state index is 0.218. The average Bonchev–Trinajstić information content (AvgIpc) is 3.17. The number of rotatable bonds is 6. The molecule has 0 aliphatic carbocycles. The molecule has 2 aliphatic rings. The van der Waals surface area contributed by atoms with Gasteiger partial charge in [-0.25, -0.2) is 0 Å². The van der Waals surface area contributed by atoms with Crippen molar-refractivity contribution in [1.82, 2.24) is 9.80 Å². The van der Waals surface area contributed by atoms with Crippen LogP contribution in [0.5, 0.6) is 11.5 Å². The second-order valence-electron chi connectivity index (χ2n) is 8.46. The third kappa shape index (κ3) is 5.44. The number of carbonyl (C=O) groups excluding carboxylic acids is 3. The fourth-order valence-corrected chi connectivity index (χ4v) is 5.01. The Hall–Kier alpha value is -4.04. The summed E-state index contributed by atoms with van der Waals surface area (Å²) >= 11 is 0.852. The van der Waals surface area contributed by atoms with Crippen LogP contribution in [0.3, 0.4) is 0 Å². The van der Waals surface area contributed by atoms with Crippen LogP contribution in [0.4, 0.5) is 10.5 Å². The molecule has 0 saturated carbocycles. The Morgan fingerprint density at radius 1 is 0.833 bits per heavy atom. The summed E-state index contributed by atoms with van der Waals surface area (Å²) in [6.45, 7) is 2.27. The van der Waals surface area contributed by atoms with E-state index in [1.807, 2.05) is 78.9 Å². The Kier molecular flexibility index (Phi) is 7.04. The van der Waals surface area contributed by atoms with Crippen molar-refractivity contribution in [2.45, 2.75) is 0 Å². The molecule has 7 nitrogen and oxygen atoms in total. The van der Waals surface area contributed by atoms with Gasteiger partial charge in [0.25, 0.3) is 11.1 Å². The van der Waals surface area contributed by atoms with E-state index >= 15 is 0 Å². The Bertz CT molecular complexity index is 1290. The molecule has 0 unspecified atom stereocenters. The van der Waals surface area contributed by atoms with Crippen LogP contribution in [0.15, 0.2) is 89.8 Å². The number of imide groups is 1. The molecule has 182 valence electrons. The number of thioether (sulfide) groups is 1. The van der Waals surface area contributed by atoms with Gasteiger partial charge in [-0.15, -0.1) is 0 Å². The molecule has 0 N–H and O–H groups in total. The summed E-state index contributed by atoms with van der Waals surface area (Å²) in [6, 6.07) is 26.8. The number of piperazine rings is 1. The smallest absolute Gasteiger partial charge is 0.294 e. The number of hydrogen-bond acceptors (Lipinski definition) is 6. The maximum absolute atomic E-state index is 13.0. The Balaban J connectivity index is 1.20. The Morgan fingerprint density at radius 3 is 2.22 bits per heavy atom. The van der Waals surface area contributed by atoms with Gasteiger partial charge in [0.05, 0.1) is 4.91 Å². The summed E-state index contributed by atoms with van der Waals surface area (Å²) in [6.07, 6.45) is 1.66. The Labute approximate surface area is 213 Å². The van der Waals surface area contributed by atoms with Gasteiger partial charge >= 0.3 is 0 Å². The van der Waals surface area contributed by atoms with Crippen LogP contribution in [0, 0.1) is 0 Å². The zero-order valence-corrected chi connectivity index (χ0v) is 20.4. The molecule has 0 bridgehead atoms. The minimum Gasteiger partial charge on any atom is -0.457 e. The number of benzene rings is 3. The average molecular weight is 500 g/mol. The van der Waals surface area contributed by atoms with Gasteiger partial charge in [-0.1, -0.05) is 48.5 Å². The number of hydrogen-bond donors (Lipinski definition) is 0.